The van der Waals surface area contributed by atoms with Crippen LogP contribution in [-0.2, 0) is 26.7 Å². The minimum absolute atomic E-state index is 0.0741. The fourth-order valence-electron chi connectivity index (χ4n) is 2.29. The first-order valence-corrected chi connectivity index (χ1v) is 12.0. The van der Waals surface area contributed by atoms with Crippen molar-refractivity contribution >= 4 is 20.2 Å². The topological polar surface area (TPSA) is 150 Å². The Morgan fingerprint density at radius 2 is 1.16 bits per heavy atom. The summed E-state index contributed by atoms with van der Waals surface area (Å²) in [6.45, 7) is 0. The molecule has 0 aliphatic rings. The largest absolute Gasteiger partial charge is 0.348 e. The lowest BCUT2D eigenvalue weighted by Crippen LogP contribution is -1.96. The van der Waals surface area contributed by atoms with Crippen molar-refractivity contribution in [2.75, 3.05) is 0 Å². The van der Waals surface area contributed by atoms with Crippen LogP contribution in [0.15, 0.2) is 108 Å². The monoisotopic (exact) mass is 475 g/mol. The Labute approximate surface area is 186 Å². The van der Waals surface area contributed by atoms with E-state index in [1.54, 1.807) is 55.1 Å². The summed E-state index contributed by atoms with van der Waals surface area (Å²) in [5, 5.41) is 0. The number of hydrogen-bond acceptors (Lipinski definition) is 6. The maximum absolute atomic E-state index is 10.4. The van der Waals surface area contributed by atoms with Crippen LogP contribution in [0.25, 0.3) is 0 Å². The summed E-state index contributed by atoms with van der Waals surface area (Å²) in [5.41, 5.74) is 2.37. The predicted octanol–water partition coefficient (Wildman–Crippen LogP) is 3.26. The standard InChI is InChI=1S/C9H9N3.2C6H6O3S/c1-3-10-4-2-8(1)5-9-6-11-7-12-9;2*7-10(8,9)6-4-2-1-3-5-6/h1-4,6-7H,5H2,(H,11,12);2*1-5H,(H,7,8,9). The van der Waals surface area contributed by atoms with E-state index < -0.39 is 20.2 Å². The molecule has 0 saturated carbocycles. The van der Waals surface area contributed by atoms with Crippen LogP contribution in [0.1, 0.15) is 11.3 Å². The van der Waals surface area contributed by atoms with E-state index in [9.17, 15) is 16.8 Å². The highest BCUT2D eigenvalue weighted by atomic mass is 32.2. The van der Waals surface area contributed by atoms with Crippen molar-refractivity contribution in [1.82, 2.24) is 15.0 Å². The number of H-pyrrole nitrogens is 1. The third kappa shape index (κ3) is 9.18. The zero-order valence-corrected chi connectivity index (χ0v) is 18.3. The SMILES string of the molecule is O=S(=O)(O)c1ccccc1.O=S(=O)(O)c1ccccc1.c1cc(Cc2cnc[nH]2)ccn1. The summed E-state index contributed by atoms with van der Waals surface area (Å²) in [4.78, 5) is 10.8. The first kappa shape index (κ1) is 24.9. The lowest BCUT2D eigenvalue weighted by molar-refractivity contribution is 0.481. The Balaban J connectivity index is 0.000000171. The second-order valence-electron chi connectivity index (χ2n) is 6.19. The smallest absolute Gasteiger partial charge is 0.294 e. The Kier molecular flexibility index (Phi) is 9.22. The molecule has 0 amide bonds. The highest BCUT2D eigenvalue weighted by Crippen LogP contribution is 2.06. The maximum atomic E-state index is 10.4. The second-order valence-corrected chi connectivity index (χ2v) is 9.03. The summed E-state index contributed by atoms with van der Waals surface area (Å²) >= 11 is 0. The first-order valence-electron chi connectivity index (χ1n) is 9.07. The van der Waals surface area contributed by atoms with Crippen LogP contribution in [0.2, 0.25) is 0 Å². The first-order chi connectivity index (χ1) is 15.2. The number of pyridine rings is 1. The van der Waals surface area contributed by atoms with E-state index in [1.807, 2.05) is 18.3 Å². The zero-order valence-electron chi connectivity index (χ0n) is 16.7. The fourth-order valence-corrected chi connectivity index (χ4v) is 3.29. The summed E-state index contributed by atoms with van der Waals surface area (Å²) < 4.78 is 58.5. The van der Waals surface area contributed by atoms with E-state index in [-0.39, 0.29) is 9.79 Å². The highest BCUT2D eigenvalue weighted by molar-refractivity contribution is 7.86. The lowest BCUT2D eigenvalue weighted by Gasteiger charge is -1.95. The molecule has 32 heavy (non-hydrogen) atoms. The molecule has 0 radical (unpaired) electrons. The van der Waals surface area contributed by atoms with Crippen LogP contribution < -0.4 is 0 Å². The lowest BCUT2D eigenvalue weighted by atomic mass is 10.2. The van der Waals surface area contributed by atoms with Gasteiger partial charge >= 0.3 is 0 Å². The molecule has 0 saturated heterocycles. The molecule has 2 aromatic heterocycles. The van der Waals surface area contributed by atoms with Crippen LogP contribution in [0.3, 0.4) is 0 Å². The molecule has 0 aliphatic carbocycles. The molecule has 0 fully saturated rings. The number of hydrogen-bond donors (Lipinski definition) is 3. The van der Waals surface area contributed by atoms with Gasteiger partial charge in [-0.05, 0) is 42.0 Å². The summed E-state index contributed by atoms with van der Waals surface area (Å²) in [7, 11) is -8.01. The molecule has 3 N–H and O–H groups in total. The molecule has 2 aromatic carbocycles. The van der Waals surface area contributed by atoms with E-state index in [4.69, 9.17) is 9.11 Å². The maximum Gasteiger partial charge on any atom is 0.294 e. The Hall–Kier alpha value is -3.38. The molecule has 2 heterocycles. The van der Waals surface area contributed by atoms with Gasteiger partial charge in [0.2, 0.25) is 0 Å². The van der Waals surface area contributed by atoms with Crippen molar-refractivity contribution in [1.29, 1.82) is 0 Å². The van der Waals surface area contributed by atoms with Gasteiger partial charge in [-0.2, -0.15) is 16.8 Å². The van der Waals surface area contributed by atoms with E-state index in [0.29, 0.717) is 0 Å². The summed E-state index contributed by atoms with van der Waals surface area (Å²) in [6.07, 6.45) is 8.01. The normalized spacial score (nSPS) is 10.8. The quantitative estimate of drug-likeness (QED) is 0.381. The summed E-state index contributed by atoms with van der Waals surface area (Å²) in [6, 6.07) is 18.8. The molecule has 4 rings (SSSR count). The van der Waals surface area contributed by atoms with Gasteiger partial charge in [0.25, 0.3) is 20.2 Å². The Morgan fingerprint density at radius 3 is 1.50 bits per heavy atom. The van der Waals surface area contributed by atoms with Crippen LogP contribution in [0, 0.1) is 0 Å². The molecule has 9 nitrogen and oxygen atoms in total. The fraction of sp³-hybridized carbons (Fsp3) is 0.0476. The van der Waals surface area contributed by atoms with Gasteiger partial charge < -0.3 is 4.98 Å². The number of nitrogens with zero attached hydrogens (tertiary/aromatic N) is 2. The molecule has 0 bridgehead atoms. The van der Waals surface area contributed by atoms with Crippen molar-refractivity contribution in [3.63, 3.8) is 0 Å². The third-order valence-electron chi connectivity index (χ3n) is 3.78. The van der Waals surface area contributed by atoms with Gasteiger partial charge in [0.1, 0.15) is 0 Å². The van der Waals surface area contributed by atoms with E-state index in [0.717, 1.165) is 12.1 Å². The zero-order chi connectivity index (χ0) is 23.5. The number of rotatable bonds is 4. The predicted molar refractivity (Wildman–Crippen MR) is 118 cm³/mol. The molecule has 0 atom stereocenters. The molecule has 0 aliphatic heterocycles. The van der Waals surface area contributed by atoms with Gasteiger partial charge in [-0.1, -0.05) is 36.4 Å². The van der Waals surface area contributed by atoms with Gasteiger partial charge in [0.15, 0.2) is 0 Å². The molecule has 0 unspecified atom stereocenters. The van der Waals surface area contributed by atoms with Gasteiger partial charge in [-0.25, -0.2) is 4.98 Å². The Morgan fingerprint density at radius 1 is 0.688 bits per heavy atom. The third-order valence-corrected chi connectivity index (χ3v) is 5.52. The molecular weight excluding hydrogens is 454 g/mol. The highest BCUT2D eigenvalue weighted by Gasteiger charge is 2.06. The second kappa shape index (κ2) is 11.9. The summed E-state index contributed by atoms with van der Waals surface area (Å²) in [5.74, 6) is 0. The van der Waals surface area contributed by atoms with Crippen LogP contribution in [0.4, 0.5) is 0 Å². The molecule has 168 valence electrons. The minimum Gasteiger partial charge on any atom is -0.348 e. The number of aromatic nitrogens is 3. The van der Waals surface area contributed by atoms with Crippen LogP contribution in [0.5, 0.6) is 0 Å². The van der Waals surface area contributed by atoms with E-state index >= 15 is 0 Å². The van der Waals surface area contributed by atoms with Crippen molar-refractivity contribution in [3.8, 4) is 0 Å². The van der Waals surface area contributed by atoms with Crippen molar-refractivity contribution in [2.24, 2.45) is 0 Å². The van der Waals surface area contributed by atoms with Crippen molar-refractivity contribution in [3.05, 3.63) is 109 Å². The number of benzene rings is 2. The van der Waals surface area contributed by atoms with Gasteiger partial charge in [-0.15, -0.1) is 0 Å². The van der Waals surface area contributed by atoms with E-state index in [1.165, 1.54) is 29.8 Å². The number of imidazole rings is 1. The van der Waals surface area contributed by atoms with Crippen LogP contribution in [-0.4, -0.2) is 40.9 Å². The molecule has 4 aromatic rings. The molecular formula is C21H21N3O6S2. The van der Waals surface area contributed by atoms with Gasteiger partial charge in [0.05, 0.1) is 16.1 Å². The van der Waals surface area contributed by atoms with Crippen LogP contribution >= 0.6 is 0 Å². The van der Waals surface area contributed by atoms with Crippen molar-refractivity contribution < 1.29 is 25.9 Å². The van der Waals surface area contributed by atoms with E-state index in [2.05, 4.69) is 15.0 Å². The van der Waals surface area contributed by atoms with Gasteiger partial charge in [-0.3, -0.25) is 14.1 Å². The number of nitrogens with one attached hydrogen (secondary N) is 1. The van der Waals surface area contributed by atoms with Gasteiger partial charge in [0, 0.05) is 30.7 Å². The molecule has 0 spiro atoms. The average molecular weight is 476 g/mol. The number of aromatic amines is 1. The average Bonchev–Trinajstić information content (AvgIpc) is 3.29. The minimum atomic E-state index is -4.00. The Bertz CT molecular complexity index is 1200. The van der Waals surface area contributed by atoms with Crippen molar-refractivity contribution in [2.45, 2.75) is 16.2 Å². The molecule has 11 heteroatoms.